The summed E-state index contributed by atoms with van der Waals surface area (Å²) < 4.78 is 15.9. The summed E-state index contributed by atoms with van der Waals surface area (Å²) in [7, 11) is 0. The summed E-state index contributed by atoms with van der Waals surface area (Å²) in [5, 5.41) is 2.51. The number of carbonyl (C=O) groups excluding carboxylic acids is 1. The summed E-state index contributed by atoms with van der Waals surface area (Å²) in [4.78, 5) is 23.8. The van der Waals surface area contributed by atoms with Gasteiger partial charge in [0.1, 0.15) is 22.3 Å². The van der Waals surface area contributed by atoms with Gasteiger partial charge in [0.15, 0.2) is 0 Å². The average Bonchev–Trinajstić information content (AvgIpc) is 2.90. The molecule has 0 bridgehead atoms. The quantitative estimate of drug-likeness (QED) is 0.415. The van der Waals surface area contributed by atoms with Crippen LogP contribution in [0.5, 0.6) is 0 Å². The number of furan rings is 1. The summed E-state index contributed by atoms with van der Waals surface area (Å²) >= 11 is 0. The molecule has 0 saturated carbocycles. The first-order valence-electron chi connectivity index (χ1n) is 7.23. The molecule has 4 rings (SSSR count). The van der Waals surface area contributed by atoms with Crippen LogP contribution in [0.25, 0.3) is 32.9 Å². The van der Waals surface area contributed by atoms with Crippen LogP contribution in [-0.4, -0.2) is 12.6 Å². The second-order valence-corrected chi connectivity index (χ2v) is 5.15. The molecule has 5 heteroatoms. The van der Waals surface area contributed by atoms with Gasteiger partial charge in [-0.15, -0.1) is 0 Å². The van der Waals surface area contributed by atoms with Crippen molar-refractivity contribution in [2.75, 3.05) is 6.61 Å². The van der Waals surface area contributed by atoms with Gasteiger partial charge < -0.3 is 13.6 Å². The molecule has 0 aliphatic heterocycles. The fourth-order valence-corrected chi connectivity index (χ4v) is 2.69. The number of rotatable bonds is 2. The molecule has 0 amide bonds. The highest BCUT2D eigenvalue weighted by molar-refractivity contribution is 6.09. The second kappa shape index (κ2) is 4.98. The number of ether oxygens (including phenoxy) is 1. The Labute approximate surface area is 130 Å². The van der Waals surface area contributed by atoms with Crippen LogP contribution in [0.2, 0.25) is 0 Å². The molecule has 2 aromatic heterocycles. The van der Waals surface area contributed by atoms with Crippen molar-refractivity contribution in [1.82, 2.24) is 0 Å². The standard InChI is InChI=1S/C18H12O5/c1-2-21-17(19)13-8-10-7-12-11-5-3-4-6-14(11)22-16(12)9-15(10)23-18(13)20/h3-9H,2H2,1H3. The van der Waals surface area contributed by atoms with Gasteiger partial charge in [0, 0.05) is 22.2 Å². The Balaban J connectivity index is 2.03. The van der Waals surface area contributed by atoms with Crippen LogP contribution < -0.4 is 5.63 Å². The van der Waals surface area contributed by atoms with Crippen LogP contribution in [0.15, 0.2) is 56.1 Å². The fourth-order valence-electron chi connectivity index (χ4n) is 2.69. The maximum Gasteiger partial charge on any atom is 0.351 e. The first kappa shape index (κ1) is 13.6. The Morgan fingerprint density at radius 1 is 1.00 bits per heavy atom. The number of carbonyl (C=O) groups is 1. The minimum absolute atomic E-state index is 0.105. The highest BCUT2D eigenvalue weighted by Gasteiger charge is 2.16. The summed E-state index contributed by atoms with van der Waals surface area (Å²) in [6.07, 6.45) is 0. The van der Waals surface area contributed by atoms with E-state index in [0.29, 0.717) is 16.6 Å². The molecule has 4 aromatic rings. The van der Waals surface area contributed by atoms with E-state index in [2.05, 4.69) is 0 Å². The number of para-hydroxylation sites is 1. The minimum atomic E-state index is -0.716. The highest BCUT2D eigenvalue weighted by atomic mass is 16.5. The van der Waals surface area contributed by atoms with Gasteiger partial charge in [-0.3, -0.25) is 0 Å². The molecular formula is C18H12O5. The molecule has 2 aromatic carbocycles. The number of hydrogen-bond donors (Lipinski definition) is 0. The van der Waals surface area contributed by atoms with Gasteiger partial charge in [-0.05, 0) is 25.1 Å². The predicted octanol–water partition coefficient (Wildman–Crippen LogP) is 3.87. The van der Waals surface area contributed by atoms with Crippen LogP contribution in [0.3, 0.4) is 0 Å². The first-order chi connectivity index (χ1) is 11.2. The average molecular weight is 308 g/mol. The molecule has 23 heavy (non-hydrogen) atoms. The number of esters is 1. The second-order valence-electron chi connectivity index (χ2n) is 5.15. The van der Waals surface area contributed by atoms with Crippen molar-refractivity contribution in [3.05, 3.63) is 58.4 Å². The number of hydrogen-bond acceptors (Lipinski definition) is 5. The van der Waals surface area contributed by atoms with E-state index in [-0.39, 0.29) is 12.2 Å². The van der Waals surface area contributed by atoms with E-state index in [1.54, 1.807) is 13.0 Å². The van der Waals surface area contributed by atoms with Gasteiger partial charge in [0.25, 0.3) is 0 Å². The van der Waals surface area contributed by atoms with Gasteiger partial charge in [-0.2, -0.15) is 0 Å². The van der Waals surface area contributed by atoms with Gasteiger partial charge in [-0.1, -0.05) is 18.2 Å². The van der Waals surface area contributed by atoms with E-state index < -0.39 is 11.6 Å². The Bertz CT molecular complexity index is 1120. The summed E-state index contributed by atoms with van der Waals surface area (Å²) in [6.45, 7) is 1.88. The van der Waals surface area contributed by atoms with Crippen molar-refractivity contribution in [2.45, 2.75) is 6.92 Å². The summed E-state index contributed by atoms with van der Waals surface area (Å²) in [6, 6.07) is 12.7. The van der Waals surface area contributed by atoms with Crippen LogP contribution in [-0.2, 0) is 4.74 Å². The van der Waals surface area contributed by atoms with Crippen molar-refractivity contribution >= 4 is 38.9 Å². The Hall–Kier alpha value is -3.08. The Kier molecular flexibility index (Phi) is 2.94. The monoisotopic (exact) mass is 308 g/mol. The third-order valence-electron chi connectivity index (χ3n) is 3.73. The molecule has 0 fully saturated rings. The van der Waals surface area contributed by atoms with Crippen molar-refractivity contribution in [2.24, 2.45) is 0 Å². The lowest BCUT2D eigenvalue weighted by Gasteiger charge is -2.02. The molecule has 0 aliphatic carbocycles. The van der Waals surface area contributed by atoms with Crippen molar-refractivity contribution in [3.8, 4) is 0 Å². The Morgan fingerprint density at radius 3 is 2.65 bits per heavy atom. The van der Waals surface area contributed by atoms with Crippen LogP contribution in [0, 0.1) is 0 Å². The molecular weight excluding hydrogens is 296 g/mol. The SMILES string of the molecule is CCOC(=O)c1cc2cc3c(cc2oc1=O)oc1ccccc13. The van der Waals surface area contributed by atoms with Crippen molar-refractivity contribution < 1.29 is 18.4 Å². The number of benzene rings is 2. The topological polar surface area (TPSA) is 69.7 Å². The lowest BCUT2D eigenvalue weighted by molar-refractivity contribution is 0.0522. The van der Waals surface area contributed by atoms with E-state index in [4.69, 9.17) is 13.6 Å². The normalized spacial score (nSPS) is 11.3. The van der Waals surface area contributed by atoms with E-state index in [0.717, 1.165) is 16.4 Å². The fraction of sp³-hybridized carbons (Fsp3) is 0.111. The summed E-state index contributed by atoms with van der Waals surface area (Å²) in [5.74, 6) is -0.680. The third-order valence-corrected chi connectivity index (χ3v) is 3.73. The van der Waals surface area contributed by atoms with E-state index in [1.807, 2.05) is 30.3 Å². The molecule has 5 nitrogen and oxygen atoms in total. The van der Waals surface area contributed by atoms with Crippen LogP contribution >= 0.6 is 0 Å². The maximum atomic E-state index is 12.0. The lowest BCUT2D eigenvalue weighted by Crippen LogP contribution is -2.16. The van der Waals surface area contributed by atoms with E-state index >= 15 is 0 Å². The lowest BCUT2D eigenvalue weighted by atomic mass is 10.1. The molecule has 0 aliphatic rings. The zero-order valence-corrected chi connectivity index (χ0v) is 12.3. The highest BCUT2D eigenvalue weighted by Crippen LogP contribution is 2.31. The molecule has 114 valence electrons. The zero-order valence-electron chi connectivity index (χ0n) is 12.3. The van der Waals surface area contributed by atoms with Crippen LogP contribution in [0.4, 0.5) is 0 Å². The summed E-state index contributed by atoms with van der Waals surface area (Å²) in [5.41, 5.74) is 0.934. The molecule has 0 spiro atoms. The largest absolute Gasteiger partial charge is 0.462 e. The van der Waals surface area contributed by atoms with Crippen molar-refractivity contribution in [1.29, 1.82) is 0 Å². The first-order valence-corrected chi connectivity index (χ1v) is 7.23. The number of fused-ring (bicyclic) bond motifs is 4. The predicted molar refractivity (Wildman–Crippen MR) is 85.7 cm³/mol. The smallest absolute Gasteiger partial charge is 0.351 e. The molecule has 0 saturated heterocycles. The molecule has 0 N–H and O–H groups in total. The zero-order chi connectivity index (χ0) is 16.0. The Morgan fingerprint density at radius 2 is 1.83 bits per heavy atom. The molecule has 0 radical (unpaired) electrons. The van der Waals surface area contributed by atoms with Crippen molar-refractivity contribution in [3.63, 3.8) is 0 Å². The van der Waals surface area contributed by atoms with Gasteiger partial charge >= 0.3 is 11.6 Å². The third kappa shape index (κ3) is 2.09. The minimum Gasteiger partial charge on any atom is -0.462 e. The molecule has 0 atom stereocenters. The molecule has 2 heterocycles. The van der Waals surface area contributed by atoms with Gasteiger partial charge in [0.2, 0.25) is 0 Å². The van der Waals surface area contributed by atoms with E-state index in [1.165, 1.54) is 6.07 Å². The van der Waals surface area contributed by atoms with Crippen LogP contribution in [0.1, 0.15) is 17.3 Å². The van der Waals surface area contributed by atoms with Gasteiger partial charge in [-0.25, -0.2) is 9.59 Å². The molecule has 0 unspecified atom stereocenters. The van der Waals surface area contributed by atoms with Gasteiger partial charge in [0.05, 0.1) is 6.61 Å². The van der Waals surface area contributed by atoms with E-state index in [9.17, 15) is 9.59 Å². The maximum absolute atomic E-state index is 12.0.